The highest BCUT2D eigenvalue weighted by molar-refractivity contribution is 5.43. The molecular formula is C14H15N2. The van der Waals surface area contributed by atoms with Crippen LogP contribution in [0.1, 0.15) is 5.56 Å². The van der Waals surface area contributed by atoms with Gasteiger partial charge in [-0.2, -0.15) is 0 Å². The minimum absolute atomic E-state index is 0.807. The second kappa shape index (κ2) is 5.33. The van der Waals surface area contributed by atoms with E-state index < -0.39 is 0 Å². The number of hydrogen-bond acceptors (Lipinski definition) is 2. The Kier molecular flexibility index (Phi) is 3.57. The predicted molar refractivity (Wildman–Crippen MR) is 67.0 cm³/mol. The highest BCUT2D eigenvalue weighted by Gasteiger charge is 2.00. The maximum Gasteiger partial charge on any atom is 0.0523 e. The number of anilines is 1. The molecule has 0 aliphatic heterocycles. The summed E-state index contributed by atoms with van der Waals surface area (Å²) in [6.07, 6.45) is 0.951. The topological polar surface area (TPSA) is 29.3 Å². The number of hydrazine groups is 1. The summed E-state index contributed by atoms with van der Waals surface area (Å²) in [5.74, 6) is 5.96. The molecular weight excluding hydrogens is 196 g/mol. The average molecular weight is 211 g/mol. The third kappa shape index (κ3) is 2.84. The number of rotatable bonds is 4. The fraction of sp³-hybridized carbons (Fsp3) is 0.143. The quantitative estimate of drug-likeness (QED) is 0.621. The molecule has 2 N–H and O–H groups in total. The lowest BCUT2D eigenvalue weighted by Gasteiger charge is -2.18. The average Bonchev–Trinajstić information content (AvgIpc) is 2.38. The van der Waals surface area contributed by atoms with Gasteiger partial charge in [-0.15, -0.1) is 0 Å². The van der Waals surface area contributed by atoms with Gasteiger partial charge in [-0.1, -0.05) is 42.5 Å². The summed E-state index contributed by atoms with van der Waals surface area (Å²) in [6.45, 7) is 0.807. The monoisotopic (exact) mass is 211 g/mol. The molecule has 2 nitrogen and oxygen atoms in total. The van der Waals surface area contributed by atoms with Crippen LogP contribution in [-0.4, -0.2) is 6.54 Å². The van der Waals surface area contributed by atoms with Crippen molar-refractivity contribution >= 4 is 5.69 Å². The summed E-state index contributed by atoms with van der Waals surface area (Å²) in [6, 6.07) is 21.1. The molecule has 81 valence electrons. The molecule has 0 saturated carbocycles. The van der Waals surface area contributed by atoms with E-state index in [1.807, 2.05) is 42.5 Å². The molecule has 0 atom stereocenters. The maximum absolute atomic E-state index is 5.96. The molecule has 2 aromatic carbocycles. The van der Waals surface area contributed by atoms with Crippen LogP contribution in [0.25, 0.3) is 0 Å². The number of nitrogens with zero attached hydrogens (tertiary/aromatic N) is 1. The molecule has 2 heteroatoms. The van der Waals surface area contributed by atoms with Gasteiger partial charge in [0.05, 0.1) is 5.69 Å². The normalized spacial score (nSPS) is 10.1. The van der Waals surface area contributed by atoms with Crippen molar-refractivity contribution < 1.29 is 0 Å². The van der Waals surface area contributed by atoms with Gasteiger partial charge >= 0.3 is 0 Å². The van der Waals surface area contributed by atoms with Crippen molar-refractivity contribution in [2.45, 2.75) is 6.42 Å². The predicted octanol–water partition coefficient (Wildman–Crippen LogP) is 2.41. The van der Waals surface area contributed by atoms with Crippen LogP contribution >= 0.6 is 0 Å². The minimum atomic E-state index is 0.807. The maximum atomic E-state index is 5.96. The Bertz CT molecular complexity index is 411. The van der Waals surface area contributed by atoms with Crippen LogP contribution in [-0.2, 0) is 6.42 Å². The Hall–Kier alpha value is -1.80. The van der Waals surface area contributed by atoms with Crippen molar-refractivity contribution in [1.82, 2.24) is 0 Å². The van der Waals surface area contributed by atoms with Gasteiger partial charge in [-0.25, -0.2) is 5.84 Å². The van der Waals surface area contributed by atoms with Gasteiger partial charge in [0.25, 0.3) is 0 Å². The van der Waals surface area contributed by atoms with Crippen LogP contribution in [0.3, 0.4) is 0 Å². The molecule has 0 aromatic heterocycles. The third-order valence-electron chi connectivity index (χ3n) is 2.51. The van der Waals surface area contributed by atoms with Crippen molar-refractivity contribution in [3.8, 4) is 0 Å². The first-order chi connectivity index (χ1) is 7.86. The standard InChI is InChI=1S/C14H15N2/c15-16(14-9-5-2-6-10-14)12-11-13-7-3-1-4-8-13/h1-5,7-10H,11-12,15H2. The molecule has 0 heterocycles. The molecule has 2 aromatic rings. The van der Waals surface area contributed by atoms with Crippen LogP contribution < -0.4 is 10.9 Å². The Labute approximate surface area is 96.3 Å². The molecule has 2 rings (SSSR count). The van der Waals surface area contributed by atoms with Crippen LogP contribution in [0.2, 0.25) is 0 Å². The highest BCUT2D eigenvalue weighted by Crippen LogP contribution is 2.09. The second-order valence-electron chi connectivity index (χ2n) is 3.69. The van der Waals surface area contributed by atoms with Crippen LogP contribution in [0.4, 0.5) is 5.69 Å². The van der Waals surface area contributed by atoms with E-state index in [0.717, 1.165) is 18.7 Å². The number of benzene rings is 2. The third-order valence-corrected chi connectivity index (χ3v) is 2.51. The molecule has 0 saturated heterocycles. The van der Waals surface area contributed by atoms with Gasteiger partial charge in [0.15, 0.2) is 0 Å². The van der Waals surface area contributed by atoms with Crippen molar-refractivity contribution in [3.05, 3.63) is 66.2 Å². The molecule has 0 amide bonds. The molecule has 0 aliphatic rings. The van der Waals surface area contributed by atoms with Crippen molar-refractivity contribution in [3.63, 3.8) is 0 Å². The minimum Gasteiger partial charge on any atom is -0.311 e. The largest absolute Gasteiger partial charge is 0.311 e. The van der Waals surface area contributed by atoms with E-state index >= 15 is 0 Å². The molecule has 0 aliphatic carbocycles. The fourth-order valence-electron chi connectivity index (χ4n) is 1.59. The van der Waals surface area contributed by atoms with E-state index in [9.17, 15) is 0 Å². The van der Waals surface area contributed by atoms with Crippen LogP contribution in [0.5, 0.6) is 0 Å². The first kappa shape index (κ1) is 10.7. The molecule has 0 bridgehead atoms. The zero-order valence-corrected chi connectivity index (χ0v) is 9.13. The van der Waals surface area contributed by atoms with Crippen LogP contribution in [0.15, 0.2) is 54.6 Å². The summed E-state index contributed by atoms with van der Waals surface area (Å²) < 4.78 is 0. The van der Waals surface area contributed by atoms with Crippen LogP contribution in [0, 0.1) is 6.07 Å². The smallest absolute Gasteiger partial charge is 0.0523 e. The van der Waals surface area contributed by atoms with E-state index in [-0.39, 0.29) is 0 Å². The molecule has 1 radical (unpaired) electrons. The van der Waals surface area contributed by atoms with Crippen molar-refractivity contribution in [2.75, 3.05) is 11.6 Å². The molecule has 16 heavy (non-hydrogen) atoms. The Balaban J connectivity index is 1.92. The lowest BCUT2D eigenvalue weighted by Crippen LogP contribution is -2.32. The van der Waals surface area contributed by atoms with E-state index in [4.69, 9.17) is 5.84 Å². The van der Waals surface area contributed by atoms with Gasteiger partial charge in [0.2, 0.25) is 0 Å². The van der Waals surface area contributed by atoms with Gasteiger partial charge in [-0.05, 0) is 30.2 Å². The van der Waals surface area contributed by atoms with Gasteiger partial charge in [-0.3, -0.25) is 0 Å². The van der Waals surface area contributed by atoms with Crippen molar-refractivity contribution in [2.24, 2.45) is 5.84 Å². The first-order valence-corrected chi connectivity index (χ1v) is 5.38. The van der Waals surface area contributed by atoms with Crippen molar-refractivity contribution in [1.29, 1.82) is 0 Å². The van der Waals surface area contributed by atoms with E-state index in [0.29, 0.717) is 0 Å². The van der Waals surface area contributed by atoms with Gasteiger partial charge in [0, 0.05) is 6.54 Å². The SMILES string of the molecule is NN(CCc1ccccc1)c1c[c]ccc1. The summed E-state index contributed by atoms with van der Waals surface area (Å²) in [4.78, 5) is 0. The lowest BCUT2D eigenvalue weighted by molar-refractivity contribution is 0.824. The fourth-order valence-corrected chi connectivity index (χ4v) is 1.59. The zero-order chi connectivity index (χ0) is 11.2. The van der Waals surface area contributed by atoms with E-state index in [1.54, 1.807) is 5.01 Å². The Morgan fingerprint density at radius 1 is 1.06 bits per heavy atom. The van der Waals surface area contributed by atoms with Gasteiger partial charge in [0.1, 0.15) is 0 Å². The van der Waals surface area contributed by atoms with E-state index in [1.165, 1.54) is 5.56 Å². The molecule has 0 unspecified atom stereocenters. The van der Waals surface area contributed by atoms with E-state index in [2.05, 4.69) is 18.2 Å². The summed E-state index contributed by atoms with van der Waals surface area (Å²) in [5, 5.41) is 1.75. The summed E-state index contributed by atoms with van der Waals surface area (Å²) >= 11 is 0. The molecule has 0 fully saturated rings. The zero-order valence-electron chi connectivity index (χ0n) is 9.13. The highest BCUT2D eigenvalue weighted by atomic mass is 15.4. The lowest BCUT2D eigenvalue weighted by atomic mass is 10.1. The Morgan fingerprint density at radius 2 is 1.88 bits per heavy atom. The number of hydrogen-bond donors (Lipinski definition) is 1. The number of nitrogens with two attached hydrogens (primary N) is 1. The van der Waals surface area contributed by atoms with Gasteiger partial charge < -0.3 is 5.01 Å². The Morgan fingerprint density at radius 3 is 2.56 bits per heavy atom. The second-order valence-corrected chi connectivity index (χ2v) is 3.69. The molecule has 0 spiro atoms. The first-order valence-electron chi connectivity index (χ1n) is 5.38. The summed E-state index contributed by atoms with van der Waals surface area (Å²) in [7, 11) is 0. The summed E-state index contributed by atoms with van der Waals surface area (Å²) in [5.41, 5.74) is 2.30.